The van der Waals surface area contributed by atoms with E-state index in [4.69, 9.17) is 11.6 Å². The van der Waals surface area contributed by atoms with Gasteiger partial charge in [0, 0.05) is 17.6 Å². The van der Waals surface area contributed by atoms with Gasteiger partial charge in [-0.2, -0.15) is 0 Å². The molecule has 2 amide bonds. The molecule has 0 saturated heterocycles. The summed E-state index contributed by atoms with van der Waals surface area (Å²) in [5.41, 5.74) is 0.922. The van der Waals surface area contributed by atoms with Crippen molar-refractivity contribution in [1.29, 1.82) is 0 Å². The third-order valence-electron chi connectivity index (χ3n) is 2.63. The minimum Gasteiger partial charge on any atom is -0.341 e. The Morgan fingerprint density at radius 1 is 1.50 bits per heavy atom. The van der Waals surface area contributed by atoms with Crippen LogP contribution in [0, 0.1) is 5.82 Å². The zero-order valence-electron chi connectivity index (χ0n) is 10.7. The molecule has 0 bridgehead atoms. The van der Waals surface area contributed by atoms with Crippen molar-refractivity contribution in [3.05, 3.63) is 46.5 Å². The highest BCUT2D eigenvalue weighted by Gasteiger charge is 2.09. The van der Waals surface area contributed by atoms with Crippen LogP contribution in [0.2, 0.25) is 5.02 Å². The number of nitrogens with zero attached hydrogens (tertiary/aromatic N) is 3. The first-order valence-corrected chi connectivity index (χ1v) is 6.25. The third kappa shape index (κ3) is 3.45. The van der Waals surface area contributed by atoms with Gasteiger partial charge in [0.05, 0.1) is 19.3 Å². The van der Waals surface area contributed by atoms with Gasteiger partial charge in [0.25, 0.3) is 0 Å². The number of hydrogen-bond acceptors (Lipinski definition) is 3. The van der Waals surface area contributed by atoms with E-state index in [1.165, 1.54) is 17.8 Å². The van der Waals surface area contributed by atoms with Crippen molar-refractivity contribution in [3.63, 3.8) is 0 Å². The Kier molecular flexibility index (Phi) is 4.52. The van der Waals surface area contributed by atoms with Gasteiger partial charge in [-0.15, -0.1) is 5.10 Å². The van der Waals surface area contributed by atoms with Crippen molar-refractivity contribution in [2.75, 3.05) is 7.05 Å². The van der Waals surface area contributed by atoms with E-state index in [-0.39, 0.29) is 19.1 Å². The number of hydrogen-bond donors (Lipinski definition) is 2. The minimum atomic E-state index is -0.391. The van der Waals surface area contributed by atoms with Gasteiger partial charge >= 0.3 is 6.03 Å². The summed E-state index contributed by atoms with van der Waals surface area (Å²) in [4.78, 5) is 11.0. The molecule has 0 radical (unpaired) electrons. The van der Waals surface area contributed by atoms with Crippen LogP contribution in [0.15, 0.2) is 24.4 Å². The maximum Gasteiger partial charge on any atom is 0.314 e. The highest BCUT2D eigenvalue weighted by atomic mass is 35.5. The molecule has 106 valence electrons. The van der Waals surface area contributed by atoms with Crippen LogP contribution in [0.3, 0.4) is 0 Å². The topological polar surface area (TPSA) is 71.8 Å². The van der Waals surface area contributed by atoms with E-state index in [1.54, 1.807) is 18.3 Å². The zero-order chi connectivity index (χ0) is 14.5. The molecule has 0 saturated carbocycles. The van der Waals surface area contributed by atoms with E-state index in [2.05, 4.69) is 20.9 Å². The Bertz CT molecular complexity index is 595. The summed E-state index contributed by atoms with van der Waals surface area (Å²) in [7, 11) is 1.52. The molecule has 0 aliphatic rings. The zero-order valence-corrected chi connectivity index (χ0v) is 11.5. The van der Waals surface area contributed by atoms with Crippen LogP contribution >= 0.6 is 11.6 Å². The summed E-state index contributed by atoms with van der Waals surface area (Å²) in [6.45, 7) is 0.420. The molecule has 20 heavy (non-hydrogen) atoms. The number of aromatic nitrogens is 3. The quantitative estimate of drug-likeness (QED) is 0.899. The monoisotopic (exact) mass is 297 g/mol. The van der Waals surface area contributed by atoms with Crippen molar-refractivity contribution >= 4 is 17.6 Å². The first-order valence-electron chi connectivity index (χ1n) is 5.87. The molecule has 0 atom stereocenters. The fourth-order valence-corrected chi connectivity index (χ4v) is 1.82. The second kappa shape index (κ2) is 6.33. The van der Waals surface area contributed by atoms with Crippen LogP contribution < -0.4 is 10.6 Å². The van der Waals surface area contributed by atoms with Crippen LogP contribution in [0.1, 0.15) is 11.3 Å². The lowest BCUT2D eigenvalue weighted by Crippen LogP contribution is -2.32. The highest BCUT2D eigenvalue weighted by Crippen LogP contribution is 2.19. The summed E-state index contributed by atoms with van der Waals surface area (Å²) in [6, 6.07) is 4.19. The smallest absolute Gasteiger partial charge is 0.314 e. The molecular weight excluding hydrogens is 285 g/mol. The second-order valence-corrected chi connectivity index (χ2v) is 4.45. The summed E-state index contributed by atoms with van der Waals surface area (Å²) in [5, 5.41) is 13.1. The average molecular weight is 298 g/mol. The molecule has 1 aromatic carbocycles. The first-order chi connectivity index (χ1) is 9.60. The number of urea groups is 1. The van der Waals surface area contributed by atoms with Gasteiger partial charge in [0.15, 0.2) is 0 Å². The molecule has 2 N–H and O–H groups in total. The molecular formula is C12H13ClFN5O. The lowest BCUT2D eigenvalue weighted by molar-refractivity contribution is 0.242. The van der Waals surface area contributed by atoms with E-state index in [1.807, 2.05) is 0 Å². The molecule has 0 aliphatic heterocycles. The Morgan fingerprint density at radius 2 is 2.30 bits per heavy atom. The van der Waals surface area contributed by atoms with Crippen molar-refractivity contribution < 1.29 is 9.18 Å². The number of halogens is 2. The fraction of sp³-hybridized carbons (Fsp3) is 0.250. The fourth-order valence-electron chi connectivity index (χ4n) is 1.60. The van der Waals surface area contributed by atoms with Crippen molar-refractivity contribution in [1.82, 2.24) is 25.6 Å². The van der Waals surface area contributed by atoms with Crippen LogP contribution in [0.25, 0.3) is 0 Å². The highest BCUT2D eigenvalue weighted by molar-refractivity contribution is 6.31. The number of carbonyl (C=O) groups is 1. The van der Waals surface area contributed by atoms with E-state index >= 15 is 0 Å². The standard InChI is InChI=1S/C12H13ClFN5O/c1-15-12(20)16-5-8-6-19(18-17-8)7-9-10(13)3-2-4-11(9)14/h2-4,6H,5,7H2,1H3,(H2,15,16,20). The van der Waals surface area contributed by atoms with Gasteiger partial charge < -0.3 is 10.6 Å². The second-order valence-electron chi connectivity index (χ2n) is 4.04. The first kappa shape index (κ1) is 14.3. The molecule has 6 nitrogen and oxygen atoms in total. The Labute approximate surface area is 119 Å². The molecule has 1 aromatic heterocycles. The molecule has 2 aromatic rings. The number of amides is 2. The third-order valence-corrected chi connectivity index (χ3v) is 2.98. The summed E-state index contributed by atoms with van der Waals surface area (Å²) in [5.74, 6) is -0.391. The van der Waals surface area contributed by atoms with Crippen LogP contribution in [0.5, 0.6) is 0 Å². The Morgan fingerprint density at radius 3 is 3.00 bits per heavy atom. The van der Waals surface area contributed by atoms with E-state index in [0.29, 0.717) is 16.3 Å². The molecule has 1 heterocycles. The van der Waals surface area contributed by atoms with Gasteiger partial charge in [-0.25, -0.2) is 13.9 Å². The van der Waals surface area contributed by atoms with Crippen molar-refractivity contribution in [2.24, 2.45) is 0 Å². The normalized spacial score (nSPS) is 10.3. The predicted molar refractivity (Wildman–Crippen MR) is 71.8 cm³/mol. The maximum atomic E-state index is 13.6. The van der Waals surface area contributed by atoms with E-state index in [0.717, 1.165) is 0 Å². The molecule has 0 unspecified atom stereocenters. The number of rotatable bonds is 4. The van der Waals surface area contributed by atoms with Gasteiger partial charge in [0.1, 0.15) is 11.5 Å². The summed E-state index contributed by atoms with van der Waals surface area (Å²) in [6.07, 6.45) is 1.62. The van der Waals surface area contributed by atoms with Crippen molar-refractivity contribution in [2.45, 2.75) is 13.1 Å². The summed E-state index contributed by atoms with van der Waals surface area (Å²) < 4.78 is 15.1. The predicted octanol–water partition coefficient (Wildman–Crippen LogP) is 1.55. The maximum absolute atomic E-state index is 13.6. The molecule has 2 rings (SSSR count). The largest absolute Gasteiger partial charge is 0.341 e. The number of carbonyl (C=O) groups excluding carboxylic acids is 1. The SMILES string of the molecule is CNC(=O)NCc1cn(Cc2c(F)cccc2Cl)nn1. The molecule has 0 fully saturated rings. The van der Waals surface area contributed by atoms with Gasteiger partial charge in [-0.1, -0.05) is 22.9 Å². The van der Waals surface area contributed by atoms with Crippen LogP contribution in [-0.4, -0.2) is 28.1 Å². The van der Waals surface area contributed by atoms with Crippen LogP contribution in [0.4, 0.5) is 9.18 Å². The molecule has 8 heteroatoms. The van der Waals surface area contributed by atoms with Crippen LogP contribution in [-0.2, 0) is 13.1 Å². The lowest BCUT2D eigenvalue weighted by Gasteiger charge is -2.05. The van der Waals surface area contributed by atoms with E-state index in [9.17, 15) is 9.18 Å². The Hall–Kier alpha value is -2.15. The summed E-state index contributed by atoms with van der Waals surface area (Å²) >= 11 is 5.94. The van der Waals surface area contributed by atoms with Gasteiger partial charge in [-0.3, -0.25) is 0 Å². The Balaban J connectivity index is 2.04. The lowest BCUT2D eigenvalue weighted by atomic mass is 10.2. The molecule has 0 spiro atoms. The van der Waals surface area contributed by atoms with Crippen molar-refractivity contribution in [3.8, 4) is 0 Å². The van der Waals surface area contributed by atoms with Gasteiger partial charge in [-0.05, 0) is 12.1 Å². The van der Waals surface area contributed by atoms with Gasteiger partial charge in [0.2, 0.25) is 0 Å². The minimum absolute atomic E-state index is 0.179. The number of benzene rings is 1. The molecule has 0 aliphatic carbocycles. The number of nitrogens with one attached hydrogen (secondary N) is 2. The van der Waals surface area contributed by atoms with E-state index < -0.39 is 5.82 Å². The average Bonchev–Trinajstić information content (AvgIpc) is 2.88.